The van der Waals surface area contributed by atoms with E-state index in [1.807, 2.05) is 12.1 Å². The fourth-order valence-electron chi connectivity index (χ4n) is 3.48. The van der Waals surface area contributed by atoms with Gasteiger partial charge in [-0.25, -0.2) is 0 Å². The highest BCUT2D eigenvalue weighted by molar-refractivity contribution is 6.07. The van der Waals surface area contributed by atoms with Gasteiger partial charge in [0.25, 0.3) is 0 Å². The van der Waals surface area contributed by atoms with E-state index in [1.165, 1.54) is 16.5 Å². The van der Waals surface area contributed by atoms with Crippen LogP contribution in [0.1, 0.15) is 31.9 Å². The van der Waals surface area contributed by atoms with Gasteiger partial charge in [0, 0.05) is 22.1 Å². The van der Waals surface area contributed by atoms with Crippen molar-refractivity contribution in [3.05, 3.63) is 71.8 Å². The molecular weight excluding hydrogens is 306 g/mol. The first-order valence-electron chi connectivity index (χ1n) is 8.72. The van der Waals surface area contributed by atoms with Crippen LogP contribution in [0.5, 0.6) is 0 Å². The molecule has 1 aromatic heterocycles. The van der Waals surface area contributed by atoms with E-state index in [1.54, 1.807) is 0 Å². The molecular formula is C23H23NO. The van der Waals surface area contributed by atoms with Crippen LogP contribution in [0.3, 0.4) is 0 Å². The molecule has 4 aromatic rings. The molecule has 0 atom stereocenters. The zero-order valence-electron chi connectivity index (χ0n) is 15.2. The lowest BCUT2D eigenvalue weighted by Gasteiger charge is -2.23. The number of hydrogen-bond donors (Lipinski definition) is 1. The first-order valence-corrected chi connectivity index (χ1v) is 8.72. The van der Waals surface area contributed by atoms with Gasteiger partial charge in [-0.15, -0.1) is 0 Å². The molecule has 126 valence electrons. The topological polar surface area (TPSA) is 25.2 Å². The average Bonchev–Trinajstić information content (AvgIpc) is 2.93. The number of hydrogen-bond acceptors (Lipinski definition) is 2. The minimum absolute atomic E-state index is 0.0899. The Morgan fingerprint density at radius 2 is 1.64 bits per heavy atom. The van der Waals surface area contributed by atoms with Gasteiger partial charge >= 0.3 is 0 Å². The number of furan rings is 1. The summed E-state index contributed by atoms with van der Waals surface area (Å²) < 4.78 is 5.99. The zero-order chi connectivity index (χ0) is 17.6. The maximum atomic E-state index is 5.99. The van der Waals surface area contributed by atoms with E-state index in [0.29, 0.717) is 0 Å². The van der Waals surface area contributed by atoms with E-state index in [4.69, 9.17) is 4.42 Å². The van der Waals surface area contributed by atoms with Crippen molar-refractivity contribution >= 4 is 33.3 Å². The summed E-state index contributed by atoms with van der Waals surface area (Å²) in [4.78, 5) is 0. The fraction of sp³-hybridized carbons (Fsp3) is 0.217. The minimum Gasteiger partial charge on any atom is -0.456 e. The van der Waals surface area contributed by atoms with Crippen LogP contribution in [0.2, 0.25) is 0 Å². The van der Waals surface area contributed by atoms with E-state index in [9.17, 15) is 0 Å². The van der Waals surface area contributed by atoms with Crippen LogP contribution in [-0.2, 0) is 5.41 Å². The monoisotopic (exact) mass is 329 g/mol. The molecule has 0 saturated heterocycles. The van der Waals surface area contributed by atoms with E-state index >= 15 is 0 Å². The Hall–Kier alpha value is -2.74. The Kier molecular flexibility index (Phi) is 3.57. The molecule has 0 saturated carbocycles. The number of aryl methyl sites for hydroxylation is 1. The van der Waals surface area contributed by atoms with E-state index in [0.717, 1.165) is 27.9 Å². The first kappa shape index (κ1) is 15.8. The fourth-order valence-corrected chi connectivity index (χ4v) is 3.48. The highest BCUT2D eigenvalue weighted by atomic mass is 16.3. The lowest BCUT2D eigenvalue weighted by Crippen LogP contribution is -2.13. The third-order valence-electron chi connectivity index (χ3n) is 4.72. The lowest BCUT2D eigenvalue weighted by atomic mass is 9.86. The zero-order valence-corrected chi connectivity index (χ0v) is 15.2. The summed E-state index contributed by atoms with van der Waals surface area (Å²) in [6.45, 7) is 8.85. The summed E-state index contributed by atoms with van der Waals surface area (Å²) in [6, 6.07) is 21.0. The second-order valence-corrected chi connectivity index (χ2v) is 7.68. The SMILES string of the molecule is Cc1cccc2oc3ccc(Nc4ccccc4C(C)(C)C)cc3c12. The molecule has 4 rings (SSSR count). The number of nitrogens with one attached hydrogen (secondary N) is 1. The van der Waals surface area contributed by atoms with E-state index in [-0.39, 0.29) is 5.41 Å². The minimum atomic E-state index is 0.0899. The highest BCUT2D eigenvalue weighted by Crippen LogP contribution is 2.35. The molecule has 1 heterocycles. The van der Waals surface area contributed by atoms with Gasteiger partial charge in [-0.1, -0.05) is 51.1 Å². The van der Waals surface area contributed by atoms with E-state index in [2.05, 4.69) is 81.5 Å². The Morgan fingerprint density at radius 1 is 0.840 bits per heavy atom. The highest BCUT2D eigenvalue weighted by Gasteiger charge is 2.17. The molecule has 3 aromatic carbocycles. The molecule has 1 N–H and O–H groups in total. The maximum absolute atomic E-state index is 5.99. The van der Waals surface area contributed by atoms with Crippen LogP contribution < -0.4 is 5.32 Å². The van der Waals surface area contributed by atoms with Crippen LogP contribution in [-0.4, -0.2) is 0 Å². The van der Waals surface area contributed by atoms with Crippen LogP contribution in [0.25, 0.3) is 21.9 Å². The second kappa shape index (κ2) is 5.66. The average molecular weight is 329 g/mol. The van der Waals surface area contributed by atoms with Gasteiger partial charge in [0.2, 0.25) is 0 Å². The van der Waals surface area contributed by atoms with Crippen LogP contribution >= 0.6 is 0 Å². The van der Waals surface area contributed by atoms with Crippen molar-refractivity contribution < 1.29 is 4.42 Å². The maximum Gasteiger partial charge on any atom is 0.135 e. The van der Waals surface area contributed by atoms with Crippen LogP contribution in [0, 0.1) is 6.92 Å². The molecule has 0 spiro atoms. The quantitative estimate of drug-likeness (QED) is 0.431. The van der Waals surface area contributed by atoms with Crippen molar-refractivity contribution in [3.63, 3.8) is 0 Å². The molecule has 0 aliphatic carbocycles. The van der Waals surface area contributed by atoms with Crippen LogP contribution in [0.4, 0.5) is 11.4 Å². The van der Waals surface area contributed by atoms with Crippen molar-refractivity contribution in [2.45, 2.75) is 33.1 Å². The normalized spacial score (nSPS) is 12.0. The Bertz CT molecular complexity index is 1070. The molecule has 2 nitrogen and oxygen atoms in total. The van der Waals surface area contributed by atoms with Crippen molar-refractivity contribution in [2.75, 3.05) is 5.32 Å². The van der Waals surface area contributed by atoms with E-state index < -0.39 is 0 Å². The number of rotatable bonds is 2. The molecule has 0 unspecified atom stereocenters. The summed E-state index contributed by atoms with van der Waals surface area (Å²) in [5.74, 6) is 0. The number of benzene rings is 3. The summed E-state index contributed by atoms with van der Waals surface area (Å²) >= 11 is 0. The Morgan fingerprint density at radius 3 is 2.44 bits per heavy atom. The molecule has 0 aliphatic heterocycles. The molecule has 25 heavy (non-hydrogen) atoms. The molecule has 0 bridgehead atoms. The van der Waals surface area contributed by atoms with Crippen molar-refractivity contribution in [1.82, 2.24) is 0 Å². The van der Waals surface area contributed by atoms with Gasteiger partial charge in [0.15, 0.2) is 0 Å². The lowest BCUT2D eigenvalue weighted by molar-refractivity contribution is 0.592. The summed E-state index contributed by atoms with van der Waals surface area (Å²) in [7, 11) is 0. The summed E-state index contributed by atoms with van der Waals surface area (Å²) in [5.41, 5.74) is 6.74. The Labute approximate surface area is 148 Å². The van der Waals surface area contributed by atoms with Crippen molar-refractivity contribution in [2.24, 2.45) is 0 Å². The smallest absolute Gasteiger partial charge is 0.135 e. The standard InChI is InChI=1S/C23H23NO/c1-15-8-7-11-21-22(15)17-14-16(12-13-20(17)25-21)24-19-10-6-5-9-18(19)23(2,3)4/h5-14,24H,1-4H3. The van der Waals surface area contributed by atoms with Gasteiger partial charge in [-0.2, -0.15) is 0 Å². The Balaban J connectivity index is 1.83. The molecule has 0 radical (unpaired) electrons. The third kappa shape index (κ3) is 2.78. The predicted molar refractivity (Wildman–Crippen MR) is 107 cm³/mol. The molecule has 0 fully saturated rings. The van der Waals surface area contributed by atoms with Crippen LogP contribution in [0.15, 0.2) is 65.1 Å². The molecule has 2 heteroatoms. The first-order chi connectivity index (χ1) is 11.9. The van der Waals surface area contributed by atoms with Gasteiger partial charge in [0.05, 0.1) is 0 Å². The van der Waals surface area contributed by atoms with Gasteiger partial charge in [-0.05, 0) is 53.8 Å². The summed E-state index contributed by atoms with van der Waals surface area (Å²) in [5, 5.41) is 5.96. The second-order valence-electron chi connectivity index (χ2n) is 7.68. The third-order valence-corrected chi connectivity index (χ3v) is 4.72. The van der Waals surface area contributed by atoms with Gasteiger partial charge in [-0.3, -0.25) is 0 Å². The largest absolute Gasteiger partial charge is 0.456 e. The summed E-state index contributed by atoms with van der Waals surface area (Å²) in [6.07, 6.45) is 0. The predicted octanol–water partition coefficient (Wildman–Crippen LogP) is 6.94. The molecule has 0 aliphatic rings. The van der Waals surface area contributed by atoms with Crippen molar-refractivity contribution in [3.8, 4) is 0 Å². The van der Waals surface area contributed by atoms with Gasteiger partial charge < -0.3 is 9.73 Å². The van der Waals surface area contributed by atoms with Crippen molar-refractivity contribution in [1.29, 1.82) is 0 Å². The number of fused-ring (bicyclic) bond motifs is 3. The van der Waals surface area contributed by atoms with Gasteiger partial charge in [0.1, 0.15) is 11.2 Å². The number of para-hydroxylation sites is 1. The number of anilines is 2. The molecule has 0 amide bonds.